The summed E-state index contributed by atoms with van der Waals surface area (Å²) in [6, 6.07) is 5.12. The highest BCUT2D eigenvalue weighted by Crippen LogP contribution is 2.24. The highest BCUT2D eigenvalue weighted by Gasteiger charge is 2.12. The lowest BCUT2D eigenvalue weighted by Gasteiger charge is -2.10. The summed E-state index contributed by atoms with van der Waals surface area (Å²) in [5, 5.41) is 0.482. The zero-order valence-electron chi connectivity index (χ0n) is 9.47. The maximum absolute atomic E-state index is 11.7. The first-order chi connectivity index (χ1) is 8.10. The fraction of sp³-hybridized carbons (Fsp3) is 0.273. The molecule has 1 unspecified atom stereocenters. The number of anilines is 1. The van der Waals surface area contributed by atoms with E-state index in [0.717, 1.165) is 10.2 Å². The lowest BCUT2D eigenvalue weighted by Crippen LogP contribution is -2.16. The molecule has 90 valence electrons. The van der Waals surface area contributed by atoms with Crippen LogP contribution < -0.4 is 5.73 Å². The minimum absolute atomic E-state index is 0.423. The van der Waals surface area contributed by atoms with E-state index in [1.54, 1.807) is 25.1 Å². The van der Waals surface area contributed by atoms with Crippen molar-refractivity contribution in [3.63, 3.8) is 0 Å². The van der Waals surface area contributed by atoms with Crippen molar-refractivity contribution in [3.05, 3.63) is 23.8 Å². The number of carbonyl (C=O) groups is 1. The SMILES string of the molecule is COC(C)OC(=O)c1ccc2nc(N)sc2c1. The van der Waals surface area contributed by atoms with Crippen molar-refractivity contribution in [1.82, 2.24) is 4.98 Å². The number of esters is 1. The van der Waals surface area contributed by atoms with Crippen molar-refractivity contribution < 1.29 is 14.3 Å². The Morgan fingerprint density at radius 1 is 1.53 bits per heavy atom. The Hall–Kier alpha value is -1.66. The molecule has 2 rings (SSSR count). The molecule has 2 N–H and O–H groups in total. The van der Waals surface area contributed by atoms with Crippen LogP contribution in [0.3, 0.4) is 0 Å². The van der Waals surface area contributed by atoms with E-state index < -0.39 is 12.3 Å². The van der Waals surface area contributed by atoms with Gasteiger partial charge in [0.15, 0.2) is 11.4 Å². The minimum Gasteiger partial charge on any atom is -0.432 e. The van der Waals surface area contributed by atoms with Gasteiger partial charge in [0.2, 0.25) is 0 Å². The first-order valence-electron chi connectivity index (χ1n) is 5.00. The minimum atomic E-state index is -0.565. The van der Waals surface area contributed by atoms with Crippen LogP contribution in [0.5, 0.6) is 0 Å². The number of ether oxygens (including phenoxy) is 2. The zero-order valence-corrected chi connectivity index (χ0v) is 10.3. The van der Waals surface area contributed by atoms with Crippen molar-refractivity contribution in [1.29, 1.82) is 0 Å². The van der Waals surface area contributed by atoms with Gasteiger partial charge in [-0.1, -0.05) is 11.3 Å². The average molecular weight is 252 g/mol. The summed E-state index contributed by atoms with van der Waals surface area (Å²) < 4.78 is 10.8. The maximum atomic E-state index is 11.7. The molecule has 0 aliphatic heterocycles. The summed E-state index contributed by atoms with van der Waals surface area (Å²) in [6.07, 6.45) is -0.565. The number of rotatable bonds is 3. The molecular weight excluding hydrogens is 240 g/mol. The smallest absolute Gasteiger partial charge is 0.340 e. The molecule has 0 radical (unpaired) electrons. The van der Waals surface area contributed by atoms with Gasteiger partial charge in [-0.25, -0.2) is 9.78 Å². The van der Waals surface area contributed by atoms with Crippen LogP contribution in [0.4, 0.5) is 5.13 Å². The average Bonchev–Trinajstić information content (AvgIpc) is 2.67. The van der Waals surface area contributed by atoms with E-state index in [9.17, 15) is 4.79 Å². The van der Waals surface area contributed by atoms with E-state index in [4.69, 9.17) is 15.2 Å². The number of fused-ring (bicyclic) bond motifs is 1. The molecule has 0 amide bonds. The number of nitrogens with zero attached hydrogens (tertiary/aromatic N) is 1. The van der Waals surface area contributed by atoms with Crippen LogP contribution in [0.15, 0.2) is 18.2 Å². The van der Waals surface area contributed by atoms with Crippen molar-refractivity contribution in [2.75, 3.05) is 12.8 Å². The van der Waals surface area contributed by atoms with Crippen LogP contribution in [-0.4, -0.2) is 24.4 Å². The molecular formula is C11H12N2O3S. The Labute approximate surface area is 102 Å². The van der Waals surface area contributed by atoms with Crippen molar-refractivity contribution in [2.24, 2.45) is 0 Å². The standard InChI is InChI=1S/C11H12N2O3S/c1-6(15-2)16-10(14)7-3-4-8-9(5-7)17-11(12)13-8/h3-6H,1-2H3,(H2,12,13). The Bertz CT molecular complexity index is 553. The van der Waals surface area contributed by atoms with Crippen LogP contribution >= 0.6 is 11.3 Å². The summed E-state index contributed by atoms with van der Waals surface area (Å²) in [6.45, 7) is 1.65. The van der Waals surface area contributed by atoms with Crippen molar-refractivity contribution in [3.8, 4) is 0 Å². The third-order valence-electron chi connectivity index (χ3n) is 2.25. The van der Waals surface area contributed by atoms with Crippen LogP contribution in [0.1, 0.15) is 17.3 Å². The number of methoxy groups -OCH3 is 1. The molecule has 0 bridgehead atoms. The number of carbonyl (C=O) groups excluding carboxylic acids is 1. The van der Waals surface area contributed by atoms with Gasteiger partial charge in [0, 0.05) is 7.11 Å². The number of aromatic nitrogens is 1. The van der Waals surface area contributed by atoms with Gasteiger partial charge in [0.25, 0.3) is 0 Å². The summed E-state index contributed by atoms with van der Waals surface area (Å²) in [7, 11) is 1.48. The third-order valence-corrected chi connectivity index (χ3v) is 3.09. The maximum Gasteiger partial charge on any atom is 0.340 e. The number of nitrogens with two attached hydrogens (primary N) is 1. The van der Waals surface area contributed by atoms with E-state index in [1.165, 1.54) is 18.4 Å². The molecule has 6 heteroatoms. The van der Waals surface area contributed by atoms with E-state index in [1.807, 2.05) is 0 Å². The lowest BCUT2D eigenvalue weighted by atomic mass is 10.2. The van der Waals surface area contributed by atoms with E-state index in [2.05, 4.69) is 4.98 Å². The Morgan fingerprint density at radius 2 is 2.29 bits per heavy atom. The number of thiazole rings is 1. The third kappa shape index (κ3) is 2.54. The molecule has 1 atom stereocenters. The monoisotopic (exact) mass is 252 g/mol. The Kier molecular flexibility index (Phi) is 3.26. The molecule has 2 aromatic rings. The second-order valence-electron chi connectivity index (χ2n) is 3.44. The van der Waals surface area contributed by atoms with Crippen LogP contribution in [0.2, 0.25) is 0 Å². The Balaban J connectivity index is 2.26. The predicted molar refractivity (Wildman–Crippen MR) is 65.9 cm³/mol. The van der Waals surface area contributed by atoms with E-state index in [-0.39, 0.29) is 0 Å². The fourth-order valence-electron chi connectivity index (χ4n) is 1.34. The molecule has 5 nitrogen and oxygen atoms in total. The number of hydrogen-bond donors (Lipinski definition) is 1. The van der Waals surface area contributed by atoms with Gasteiger partial charge < -0.3 is 15.2 Å². The normalized spacial score (nSPS) is 12.6. The van der Waals surface area contributed by atoms with Gasteiger partial charge >= 0.3 is 5.97 Å². The number of benzene rings is 1. The number of hydrogen-bond acceptors (Lipinski definition) is 6. The predicted octanol–water partition coefficient (Wildman–Crippen LogP) is 2.03. The van der Waals surface area contributed by atoms with Crippen molar-refractivity contribution >= 4 is 32.7 Å². The molecule has 0 aliphatic rings. The van der Waals surface area contributed by atoms with Crippen LogP contribution in [0.25, 0.3) is 10.2 Å². The van der Waals surface area contributed by atoms with Crippen LogP contribution in [0, 0.1) is 0 Å². The second-order valence-corrected chi connectivity index (χ2v) is 4.51. The highest BCUT2D eigenvalue weighted by atomic mass is 32.1. The molecule has 1 aromatic heterocycles. The summed E-state index contributed by atoms with van der Waals surface area (Å²) >= 11 is 1.34. The molecule has 17 heavy (non-hydrogen) atoms. The zero-order chi connectivity index (χ0) is 12.4. The van der Waals surface area contributed by atoms with Gasteiger partial charge in [0.05, 0.1) is 15.8 Å². The van der Waals surface area contributed by atoms with Gasteiger partial charge in [-0.05, 0) is 25.1 Å². The summed E-state index contributed by atoms with van der Waals surface area (Å²) in [4.78, 5) is 15.8. The van der Waals surface area contributed by atoms with E-state index in [0.29, 0.717) is 10.7 Å². The largest absolute Gasteiger partial charge is 0.432 e. The van der Waals surface area contributed by atoms with Gasteiger partial charge in [-0.2, -0.15) is 0 Å². The van der Waals surface area contributed by atoms with Gasteiger partial charge in [-0.15, -0.1) is 0 Å². The molecule has 0 fully saturated rings. The van der Waals surface area contributed by atoms with Crippen molar-refractivity contribution in [2.45, 2.75) is 13.2 Å². The lowest BCUT2D eigenvalue weighted by molar-refractivity contribution is -0.0773. The number of nitrogen functional groups attached to an aromatic ring is 1. The second kappa shape index (κ2) is 4.68. The molecule has 1 aromatic carbocycles. The highest BCUT2D eigenvalue weighted by molar-refractivity contribution is 7.22. The topological polar surface area (TPSA) is 74.4 Å². The summed E-state index contributed by atoms with van der Waals surface area (Å²) in [5.41, 5.74) is 6.83. The molecule has 0 spiro atoms. The first-order valence-corrected chi connectivity index (χ1v) is 5.81. The summed E-state index contributed by atoms with van der Waals surface area (Å²) in [5.74, 6) is -0.423. The first kappa shape index (κ1) is 11.8. The van der Waals surface area contributed by atoms with E-state index >= 15 is 0 Å². The molecule has 1 heterocycles. The fourth-order valence-corrected chi connectivity index (χ4v) is 2.11. The van der Waals surface area contributed by atoms with Crippen LogP contribution in [-0.2, 0) is 9.47 Å². The molecule has 0 aliphatic carbocycles. The van der Waals surface area contributed by atoms with Gasteiger partial charge in [0.1, 0.15) is 0 Å². The Morgan fingerprint density at radius 3 is 3.00 bits per heavy atom. The quantitative estimate of drug-likeness (QED) is 0.668. The molecule has 0 saturated heterocycles. The van der Waals surface area contributed by atoms with Gasteiger partial charge in [-0.3, -0.25) is 0 Å². The molecule has 0 saturated carbocycles.